The number of guanidine groups is 1. The molecule has 0 saturated heterocycles. The third-order valence-corrected chi connectivity index (χ3v) is 4.01. The molecular weight excluding hydrogens is 373 g/mol. The fourth-order valence-corrected chi connectivity index (χ4v) is 2.82. The molecule has 2 unspecified atom stereocenters. The van der Waals surface area contributed by atoms with E-state index in [1.807, 2.05) is 0 Å². The summed E-state index contributed by atoms with van der Waals surface area (Å²) in [6.45, 7) is 2.90. The fourth-order valence-electron chi connectivity index (χ4n) is 2.82. The molecule has 2 aliphatic carbocycles. The van der Waals surface area contributed by atoms with Crippen molar-refractivity contribution >= 4 is 29.9 Å². The quantitative estimate of drug-likeness (QED) is 0.354. The lowest BCUT2D eigenvalue weighted by Gasteiger charge is -2.17. The molecule has 2 aliphatic rings. The number of halogens is 1. The molecule has 114 valence electrons. The summed E-state index contributed by atoms with van der Waals surface area (Å²) >= 11 is 0. The smallest absolute Gasteiger partial charge is 0.191 e. The Kier molecular flexibility index (Phi) is 6.08. The Balaban J connectivity index is 0.00000161. The first-order valence-corrected chi connectivity index (χ1v) is 7.64. The van der Waals surface area contributed by atoms with Gasteiger partial charge in [-0.3, -0.25) is 4.99 Å². The molecule has 0 radical (unpaired) electrons. The minimum absolute atomic E-state index is 0. The number of benzene rings is 1. The Bertz CT molecular complexity index is 490. The number of rotatable bonds is 4. The van der Waals surface area contributed by atoms with Gasteiger partial charge < -0.3 is 10.6 Å². The van der Waals surface area contributed by atoms with E-state index in [4.69, 9.17) is 0 Å². The van der Waals surface area contributed by atoms with E-state index in [0.29, 0.717) is 18.0 Å². The summed E-state index contributed by atoms with van der Waals surface area (Å²) < 4.78 is 0. The molecule has 0 heterocycles. The molecule has 1 aromatic carbocycles. The summed E-state index contributed by atoms with van der Waals surface area (Å²) in [4.78, 5) is 4.56. The molecule has 1 saturated carbocycles. The maximum atomic E-state index is 4.56. The normalized spacial score (nSPS) is 24.5. The molecule has 1 aromatic rings. The molecule has 2 atom stereocenters. The van der Waals surface area contributed by atoms with E-state index in [1.54, 1.807) is 0 Å². The van der Waals surface area contributed by atoms with Gasteiger partial charge in [-0.25, -0.2) is 0 Å². The third-order valence-electron chi connectivity index (χ3n) is 4.01. The first-order valence-electron chi connectivity index (χ1n) is 7.64. The number of nitrogens with one attached hydrogen (secondary N) is 2. The molecular formula is C17H24IN3. The molecule has 0 aromatic heterocycles. The molecule has 3 nitrogen and oxygen atoms in total. The van der Waals surface area contributed by atoms with Crippen LogP contribution in [0.4, 0.5) is 0 Å². The zero-order valence-electron chi connectivity index (χ0n) is 12.5. The van der Waals surface area contributed by atoms with Crippen LogP contribution in [0.25, 0.3) is 0 Å². The van der Waals surface area contributed by atoms with Gasteiger partial charge in [0.2, 0.25) is 0 Å². The highest BCUT2D eigenvalue weighted by atomic mass is 127. The molecule has 21 heavy (non-hydrogen) atoms. The minimum atomic E-state index is 0. The average molecular weight is 397 g/mol. The zero-order chi connectivity index (χ0) is 13.8. The SMILES string of the molecule is CCN=C(NC1CC=CC1)NC1CC1c1ccccc1.I. The highest BCUT2D eigenvalue weighted by Crippen LogP contribution is 2.40. The number of nitrogens with zero attached hydrogens (tertiary/aromatic N) is 1. The van der Waals surface area contributed by atoms with E-state index in [-0.39, 0.29) is 24.0 Å². The van der Waals surface area contributed by atoms with Gasteiger partial charge in [-0.2, -0.15) is 0 Å². The van der Waals surface area contributed by atoms with E-state index in [2.05, 4.69) is 65.0 Å². The van der Waals surface area contributed by atoms with Gasteiger partial charge in [0.05, 0.1) is 0 Å². The summed E-state index contributed by atoms with van der Waals surface area (Å²) in [5, 5.41) is 7.12. The molecule has 0 amide bonds. The molecule has 1 fully saturated rings. The predicted molar refractivity (Wildman–Crippen MR) is 99.4 cm³/mol. The van der Waals surface area contributed by atoms with Crippen molar-refractivity contribution in [2.75, 3.05) is 6.54 Å². The second-order valence-electron chi connectivity index (χ2n) is 5.61. The van der Waals surface area contributed by atoms with Crippen LogP contribution in [0.5, 0.6) is 0 Å². The van der Waals surface area contributed by atoms with Crippen molar-refractivity contribution in [3.05, 3.63) is 48.0 Å². The lowest BCUT2D eigenvalue weighted by molar-refractivity contribution is 0.629. The zero-order valence-corrected chi connectivity index (χ0v) is 14.8. The third kappa shape index (κ3) is 4.46. The topological polar surface area (TPSA) is 36.4 Å². The number of hydrogen-bond acceptors (Lipinski definition) is 1. The predicted octanol–water partition coefficient (Wildman–Crippen LogP) is 3.43. The van der Waals surface area contributed by atoms with Gasteiger partial charge in [-0.15, -0.1) is 24.0 Å². The lowest BCUT2D eigenvalue weighted by atomic mass is 10.1. The monoisotopic (exact) mass is 397 g/mol. The van der Waals surface area contributed by atoms with Crippen LogP contribution >= 0.6 is 24.0 Å². The lowest BCUT2D eigenvalue weighted by Crippen LogP contribution is -2.43. The van der Waals surface area contributed by atoms with Crippen molar-refractivity contribution in [2.45, 2.75) is 44.2 Å². The maximum absolute atomic E-state index is 4.56. The summed E-state index contributed by atoms with van der Waals surface area (Å²) in [6, 6.07) is 11.8. The standard InChI is InChI=1S/C17H23N3.HI/c1-2-18-17(19-14-10-6-7-11-14)20-16-12-15(16)13-8-4-3-5-9-13;/h3-9,14-16H,2,10-12H2,1H3,(H2,18,19,20);1H. The van der Waals surface area contributed by atoms with E-state index < -0.39 is 0 Å². The number of aliphatic imine (C=N–C) groups is 1. The van der Waals surface area contributed by atoms with Crippen LogP contribution in [0.2, 0.25) is 0 Å². The van der Waals surface area contributed by atoms with Crippen LogP contribution in [-0.2, 0) is 0 Å². The number of hydrogen-bond donors (Lipinski definition) is 2. The maximum Gasteiger partial charge on any atom is 0.191 e. The largest absolute Gasteiger partial charge is 0.353 e. The molecule has 2 N–H and O–H groups in total. The Morgan fingerprint density at radius 1 is 1.14 bits per heavy atom. The van der Waals surface area contributed by atoms with E-state index >= 15 is 0 Å². The average Bonchev–Trinajstić information content (AvgIpc) is 3.04. The van der Waals surface area contributed by atoms with E-state index in [1.165, 1.54) is 12.0 Å². The van der Waals surface area contributed by atoms with Gasteiger partial charge in [0.1, 0.15) is 0 Å². The van der Waals surface area contributed by atoms with Crippen LogP contribution < -0.4 is 10.6 Å². The summed E-state index contributed by atoms with van der Waals surface area (Å²) in [5.41, 5.74) is 1.43. The van der Waals surface area contributed by atoms with Crippen molar-refractivity contribution in [1.29, 1.82) is 0 Å². The van der Waals surface area contributed by atoms with Crippen LogP contribution in [0, 0.1) is 0 Å². The second kappa shape index (κ2) is 7.82. The molecule has 4 heteroatoms. The summed E-state index contributed by atoms with van der Waals surface area (Å²) in [5.74, 6) is 1.62. The van der Waals surface area contributed by atoms with Crippen molar-refractivity contribution in [2.24, 2.45) is 4.99 Å². The van der Waals surface area contributed by atoms with Crippen molar-refractivity contribution in [1.82, 2.24) is 10.6 Å². The van der Waals surface area contributed by atoms with Crippen LogP contribution in [0.1, 0.15) is 37.7 Å². The first-order chi connectivity index (χ1) is 9.86. The molecule has 3 rings (SSSR count). The van der Waals surface area contributed by atoms with Crippen molar-refractivity contribution in [3.8, 4) is 0 Å². The molecule has 0 aliphatic heterocycles. The van der Waals surface area contributed by atoms with Gasteiger partial charge in [-0.1, -0.05) is 42.5 Å². The summed E-state index contributed by atoms with van der Waals surface area (Å²) in [7, 11) is 0. The van der Waals surface area contributed by atoms with Crippen molar-refractivity contribution in [3.63, 3.8) is 0 Å². The van der Waals surface area contributed by atoms with Crippen LogP contribution in [0.3, 0.4) is 0 Å². The van der Waals surface area contributed by atoms with E-state index in [9.17, 15) is 0 Å². The Morgan fingerprint density at radius 3 is 2.52 bits per heavy atom. The van der Waals surface area contributed by atoms with Gasteiger partial charge in [0.15, 0.2) is 5.96 Å². The van der Waals surface area contributed by atoms with Gasteiger partial charge in [-0.05, 0) is 31.7 Å². The van der Waals surface area contributed by atoms with E-state index in [0.717, 1.165) is 25.3 Å². The van der Waals surface area contributed by atoms with Crippen LogP contribution in [-0.4, -0.2) is 24.6 Å². The van der Waals surface area contributed by atoms with Crippen LogP contribution in [0.15, 0.2) is 47.5 Å². The Morgan fingerprint density at radius 2 is 1.86 bits per heavy atom. The first kappa shape index (κ1) is 16.3. The fraction of sp³-hybridized carbons (Fsp3) is 0.471. The summed E-state index contributed by atoms with van der Waals surface area (Å²) in [6.07, 6.45) is 7.90. The Hall–Kier alpha value is -1.04. The van der Waals surface area contributed by atoms with Gasteiger partial charge in [0.25, 0.3) is 0 Å². The highest BCUT2D eigenvalue weighted by molar-refractivity contribution is 14.0. The van der Waals surface area contributed by atoms with Gasteiger partial charge in [0, 0.05) is 24.5 Å². The molecule has 0 spiro atoms. The van der Waals surface area contributed by atoms with Gasteiger partial charge >= 0.3 is 0 Å². The highest BCUT2D eigenvalue weighted by Gasteiger charge is 2.39. The van der Waals surface area contributed by atoms with Crippen molar-refractivity contribution < 1.29 is 0 Å². The Labute approximate surface area is 144 Å². The molecule has 0 bridgehead atoms. The second-order valence-corrected chi connectivity index (χ2v) is 5.61. The minimum Gasteiger partial charge on any atom is -0.353 e.